The number of nitrogens with zero attached hydrogens (tertiary/aromatic N) is 2. The van der Waals surface area contributed by atoms with E-state index >= 15 is 0 Å². The minimum atomic E-state index is -0.158. The number of aromatic hydroxyl groups is 1. The summed E-state index contributed by atoms with van der Waals surface area (Å²) in [5.74, 6) is 0.511. The molecule has 6 rings (SSSR count). The number of hydrogen-bond donors (Lipinski definition) is 2. The molecule has 0 radical (unpaired) electrons. The van der Waals surface area contributed by atoms with Gasteiger partial charge in [0.15, 0.2) is 0 Å². The van der Waals surface area contributed by atoms with E-state index in [1.165, 1.54) is 66.3 Å². The molecule has 0 bridgehead atoms. The molecule has 4 aromatic rings. The van der Waals surface area contributed by atoms with E-state index in [0.29, 0.717) is 12.5 Å². The van der Waals surface area contributed by atoms with Gasteiger partial charge in [0.1, 0.15) is 11.4 Å². The summed E-state index contributed by atoms with van der Waals surface area (Å²) < 4.78 is 2.44. The van der Waals surface area contributed by atoms with Crippen LogP contribution in [0.5, 0.6) is 5.75 Å². The molecule has 5 nitrogen and oxygen atoms in total. The molecule has 0 saturated heterocycles. The number of phenols is 1. The Hall–Kier alpha value is -3.60. The second-order valence-corrected chi connectivity index (χ2v) is 11.9. The molecular weight excluding hydrogens is 494 g/mol. The molecule has 2 aliphatic rings. The number of benzene rings is 2. The van der Waals surface area contributed by atoms with E-state index < -0.39 is 0 Å². The van der Waals surface area contributed by atoms with E-state index in [1.807, 2.05) is 18.3 Å². The summed E-state index contributed by atoms with van der Waals surface area (Å²) in [5.41, 5.74) is 8.65. The second kappa shape index (κ2) is 11.9. The SMILES string of the molecule is Cc1ccnc2c1c1c(n2Cc2ccc(C(C(=O)NCc3cccc(O)c3)C3CCCCCC3)cc2)CCCC1. The number of phenolic OH excluding ortho intramolecular Hbond substituents is 1. The molecule has 1 atom stereocenters. The highest BCUT2D eigenvalue weighted by molar-refractivity contribution is 5.86. The van der Waals surface area contributed by atoms with Gasteiger partial charge in [0.05, 0.1) is 5.92 Å². The van der Waals surface area contributed by atoms with Crippen molar-refractivity contribution < 1.29 is 9.90 Å². The molecule has 1 unspecified atom stereocenters. The van der Waals surface area contributed by atoms with Crippen LogP contribution in [0, 0.1) is 12.8 Å². The number of carbonyl (C=O) groups is 1. The Balaban J connectivity index is 1.26. The molecule has 2 heterocycles. The van der Waals surface area contributed by atoms with Crippen LogP contribution in [0.4, 0.5) is 0 Å². The number of pyridine rings is 1. The first kappa shape index (κ1) is 26.6. The molecule has 0 spiro atoms. The molecule has 208 valence electrons. The number of fused-ring (bicyclic) bond motifs is 3. The highest BCUT2D eigenvalue weighted by Gasteiger charge is 2.30. The van der Waals surface area contributed by atoms with Crippen molar-refractivity contribution in [3.8, 4) is 5.75 Å². The van der Waals surface area contributed by atoms with E-state index in [2.05, 4.69) is 47.1 Å². The second-order valence-electron chi connectivity index (χ2n) is 11.9. The van der Waals surface area contributed by atoms with Crippen molar-refractivity contribution in [1.29, 1.82) is 0 Å². The molecule has 2 aromatic carbocycles. The van der Waals surface area contributed by atoms with E-state index in [1.54, 1.807) is 12.1 Å². The standard InChI is InChI=1S/C35H41N3O2/c1-24-19-20-36-34-32(24)30-13-6-7-14-31(30)38(34)23-25-15-17-28(18-16-25)33(27-10-4-2-3-5-11-27)35(40)37-22-26-9-8-12-29(39)21-26/h8-9,12,15-21,27,33,39H,2-7,10-11,13-14,22-23H2,1H3,(H,37,40). The lowest BCUT2D eigenvalue weighted by atomic mass is 9.80. The first-order chi connectivity index (χ1) is 19.6. The topological polar surface area (TPSA) is 67.2 Å². The summed E-state index contributed by atoms with van der Waals surface area (Å²) in [6.07, 6.45) is 13.8. The maximum atomic E-state index is 13.7. The minimum Gasteiger partial charge on any atom is -0.508 e. The van der Waals surface area contributed by atoms with Crippen molar-refractivity contribution in [3.63, 3.8) is 0 Å². The zero-order chi connectivity index (χ0) is 27.5. The first-order valence-corrected chi connectivity index (χ1v) is 15.2. The fourth-order valence-electron chi connectivity index (χ4n) is 7.14. The van der Waals surface area contributed by atoms with Crippen LogP contribution in [0.25, 0.3) is 11.0 Å². The van der Waals surface area contributed by atoms with Crippen molar-refractivity contribution in [2.75, 3.05) is 0 Å². The molecule has 1 saturated carbocycles. The van der Waals surface area contributed by atoms with Crippen molar-refractivity contribution >= 4 is 16.9 Å². The normalized spacial score (nSPS) is 16.8. The smallest absolute Gasteiger partial charge is 0.228 e. The molecule has 2 aromatic heterocycles. The van der Waals surface area contributed by atoms with Crippen LogP contribution in [0.3, 0.4) is 0 Å². The average molecular weight is 536 g/mol. The number of hydrogen-bond acceptors (Lipinski definition) is 3. The highest BCUT2D eigenvalue weighted by atomic mass is 16.3. The molecule has 1 amide bonds. The van der Waals surface area contributed by atoms with Gasteiger partial charge in [-0.2, -0.15) is 0 Å². The van der Waals surface area contributed by atoms with Gasteiger partial charge in [0, 0.05) is 30.4 Å². The largest absolute Gasteiger partial charge is 0.508 e. The van der Waals surface area contributed by atoms with Gasteiger partial charge in [-0.05, 0) is 97.4 Å². The van der Waals surface area contributed by atoms with Gasteiger partial charge in [-0.3, -0.25) is 4.79 Å². The number of aryl methyl sites for hydroxylation is 2. The fourth-order valence-corrected chi connectivity index (χ4v) is 7.14. The van der Waals surface area contributed by atoms with Crippen molar-refractivity contribution in [1.82, 2.24) is 14.9 Å². The number of rotatable bonds is 7. The van der Waals surface area contributed by atoms with Crippen LogP contribution in [-0.4, -0.2) is 20.6 Å². The Bertz CT molecular complexity index is 1480. The predicted octanol–water partition coefficient (Wildman–Crippen LogP) is 7.35. The van der Waals surface area contributed by atoms with Gasteiger partial charge >= 0.3 is 0 Å². The lowest BCUT2D eigenvalue weighted by Gasteiger charge is -2.26. The lowest BCUT2D eigenvalue weighted by Crippen LogP contribution is -2.33. The molecule has 40 heavy (non-hydrogen) atoms. The Labute approximate surface area is 237 Å². The van der Waals surface area contributed by atoms with Gasteiger partial charge in [-0.25, -0.2) is 4.98 Å². The van der Waals surface area contributed by atoms with Gasteiger partial charge in [-0.15, -0.1) is 0 Å². The van der Waals surface area contributed by atoms with E-state index in [0.717, 1.165) is 49.0 Å². The Morgan fingerprint density at radius 3 is 2.52 bits per heavy atom. The molecular formula is C35H41N3O2. The summed E-state index contributed by atoms with van der Waals surface area (Å²) in [7, 11) is 0. The lowest BCUT2D eigenvalue weighted by molar-refractivity contribution is -0.124. The molecule has 2 N–H and O–H groups in total. The highest BCUT2D eigenvalue weighted by Crippen LogP contribution is 2.37. The number of amides is 1. The summed E-state index contributed by atoms with van der Waals surface area (Å²) in [4.78, 5) is 18.5. The minimum absolute atomic E-state index is 0.0909. The predicted molar refractivity (Wildman–Crippen MR) is 161 cm³/mol. The van der Waals surface area contributed by atoms with Crippen LogP contribution >= 0.6 is 0 Å². The Morgan fingerprint density at radius 1 is 0.975 bits per heavy atom. The van der Waals surface area contributed by atoms with Crippen LogP contribution < -0.4 is 5.32 Å². The fraction of sp³-hybridized carbons (Fsp3) is 0.429. The zero-order valence-corrected chi connectivity index (χ0v) is 23.7. The van der Waals surface area contributed by atoms with Crippen LogP contribution in [0.1, 0.15) is 90.8 Å². The van der Waals surface area contributed by atoms with Crippen LogP contribution in [0.2, 0.25) is 0 Å². The Morgan fingerprint density at radius 2 is 1.75 bits per heavy atom. The number of aromatic nitrogens is 2. The Kier molecular flexibility index (Phi) is 7.90. The third-order valence-electron chi connectivity index (χ3n) is 9.17. The summed E-state index contributed by atoms with van der Waals surface area (Å²) in [6.45, 7) is 3.43. The van der Waals surface area contributed by atoms with Crippen molar-refractivity contribution in [3.05, 3.63) is 94.3 Å². The van der Waals surface area contributed by atoms with Crippen LogP contribution in [0.15, 0.2) is 60.8 Å². The quantitative estimate of drug-likeness (QED) is 0.243. The van der Waals surface area contributed by atoms with E-state index in [9.17, 15) is 9.90 Å². The van der Waals surface area contributed by atoms with Gasteiger partial charge in [0.2, 0.25) is 5.91 Å². The van der Waals surface area contributed by atoms with Crippen molar-refractivity contribution in [2.45, 2.75) is 90.1 Å². The average Bonchev–Trinajstić information content (AvgIpc) is 3.09. The number of carbonyl (C=O) groups excluding carboxylic acids is 1. The third kappa shape index (κ3) is 5.52. The van der Waals surface area contributed by atoms with E-state index in [-0.39, 0.29) is 17.6 Å². The molecule has 0 aliphatic heterocycles. The summed E-state index contributed by atoms with van der Waals surface area (Å²) >= 11 is 0. The van der Waals surface area contributed by atoms with Crippen molar-refractivity contribution in [2.24, 2.45) is 5.92 Å². The molecule has 1 fully saturated rings. The first-order valence-electron chi connectivity index (χ1n) is 15.2. The maximum absolute atomic E-state index is 13.7. The number of nitrogens with one attached hydrogen (secondary N) is 1. The summed E-state index contributed by atoms with van der Waals surface area (Å²) in [6, 6.07) is 18.1. The molecule has 5 heteroatoms. The van der Waals surface area contributed by atoms with Gasteiger partial charge in [-0.1, -0.05) is 62.1 Å². The maximum Gasteiger partial charge on any atom is 0.228 e. The molecule has 2 aliphatic carbocycles. The monoisotopic (exact) mass is 535 g/mol. The summed E-state index contributed by atoms with van der Waals surface area (Å²) in [5, 5.41) is 14.4. The van der Waals surface area contributed by atoms with E-state index in [4.69, 9.17) is 4.98 Å². The van der Waals surface area contributed by atoms with Gasteiger partial charge < -0.3 is 15.0 Å². The van der Waals surface area contributed by atoms with Gasteiger partial charge in [0.25, 0.3) is 0 Å². The third-order valence-corrected chi connectivity index (χ3v) is 9.17. The van der Waals surface area contributed by atoms with Crippen LogP contribution in [-0.2, 0) is 30.7 Å². The zero-order valence-electron chi connectivity index (χ0n) is 23.7.